The first-order chi connectivity index (χ1) is 21.9. The third kappa shape index (κ3) is 5.92. The number of methoxy groups -OCH3 is 1. The van der Waals surface area contributed by atoms with Crippen molar-refractivity contribution >= 4 is 23.7 Å². The van der Waals surface area contributed by atoms with Crippen molar-refractivity contribution in [2.24, 2.45) is 0 Å². The molecule has 9 nitrogen and oxygen atoms in total. The van der Waals surface area contributed by atoms with Gasteiger partial charge in [-0.05, 0) is 53.7 Å². The number of carbonyl (C=O) groups excluding carboxylic acids is 2. The van der Waals surface area contributed by atoms with Gasteiger partial charge in [-0.3, -0.25) is 9.69 Å². The van der Waals surface area contributed by atoms with Crippen molar-refractivity contribution in [3.63, 3.8) is 0 Å². The molecule has 0 radical (unpaired) electrons. The smallest absolute Gasteiger partial charge is 0.334 e. The number of benzene rings is 2. The number of hydrazine groups is 1. The van der Waals surface area contributed by atoms with Crippen LogP contribution in [0.15, 0.2) is 90.6 Å². The SMILES string of the molecule is COc1ccc(CNC(=O)N2[C@H]3CN4CC(c5ccccc5)C5=CCC4(C(O)/C=C\C=C/5)[C@H](CCSC)N3C(=O)CN2C)cc1. The number of allylic oxidation sites excluding steroid dienone is 3. The number of aliphatic hydroxyl groups excluding tert-OH is 1. The second-order valence-corrected chi connectivity index (χ2v) is 13.2. The lowest BCUT2D eigenvalue weighted by Gasteiger charge is -2.63. The fourth-order valence-corrected chi connectivity index (χ4v) is 8.03. The van der Waals surface area contributed by atoms with E-state index in [-0.39, 0.29) is 30.4 Å². The van der Waals surface area contributed by atoms with Gasteiger partial charge in [0, 0.05) is 32.6 Å². The molecule has 2 bridgehead atoms. The average molecular weight is 630 g/mol. The van der Waals surface area contributed by atoms with Gasteiger partial charge in [-0.15, -0.1) is 0 Å². The Morgan fingerprint density at radius 1 is 1.11 bits per heavy atom. The third-order valence-electron chi connectivity index (χ3n) is 9.79. The van der Waals surface area contributed by atoms with E-state index in [0.29, 0.717) is 32.5 Å². The average Bonchev–Trinajstić information content (AvgIpc) is 3.16. The van der Waals surface area contributed by atoms with Crippen LogP contribution in [0.25, 0.3) is 0 Å². The molecule has 2 saturated heterocycles. The van der Waals surface area contributed by atoms with Crippen LogP contribution in [0, 0.1) is 0 Å². The van der Waals surface area contributed by atoms with Gasteiger partial charge in [-0.2, -0.15) is 11.8 Å². The molecular weight excluding hydrogens is 586 g/mol. The van der Waals surface area contributed by atoms with Gasteiger partial charge in [0.1, 0.15) is 11.9 Å². The number of rotatable bonds is 7. The maximum Gasteiger partial charge on any atom is 0.334 e. The second kappa shape index (κ2) is 13.4. The zero-order valence-electron chi connectivity index (χ0n) is 26.2. The number of ether oxygens (including phenoxy) is 1. The summed E-state index contributed by atoms with van der Waals surface area (Å²) in [5.74, 6) is 1.63. The van der Waals surface area contributed by atoms with Gasteiger partial charge in [0.15, 0.2) is 0 Å². The van der Waals surface area contributed by atoms with E-state index in [9.17, 15) is 14.7 Å². The molecule has 6 rings (SSSR count). The predicted molar refractivity (Wildman–Crippen MR) is 178 cm³/mol. The largest absolute Gasteiger partial charge is 0.497 e. The van der Waals surface area contributed by atoms with Gasteiger partial charge >= 0.3 is 6.03 Å². The molecule has 0 aromatic heterocycles. The number of likely N-dealkylation sites (N-methyl/N-ethyl adjacent to an activating group) is 1. The van der Waals surface area contributed by atoms with Gasteiger partial charge in [-0.1, -0.05) is 72.8 Å². The van der Waals surface area contributed by atoms with Gasteiger partial charge < -0.3 is 20.1 Å². The van der Waals surface area contributed by atoms with Crippen LogP contribution in [0.1, 0.15) is 29.9 Å². The number of carbonyl (C=O) groups is 2. The molecule has 238 valence electrons. The highest BCUT2D eigenvalue weighted by molar-refractivity contribution is 7.98. The molecule has 3 aliphatic heterocycles. The van der Waals surface area contributed by atoms with E-state index < -0.39 is 17.8 Å². The van der Waals surface area contributed by atoms with E-state index >= 15 is 0 Å². The highest BCUT2D eigenvalue weighted by Gasteiger charge is 2.60. The molecule has 0 saturated carbocycles. The number of urea groups is 1. The van der Waals surface area contributed by atoms with Crippen molar-refractivity contribution in [2.75, 3.05) is 45.8 Å². The molecule has 2 fully saturated rings. The lowest BCUT2D eigenvalue weighted by molar-refractivity contribution is -0.208. The fourth-order valence-electron chi connectivity index (χ4n) is 7.58. The molecule has 3 heterocycles. The van der Waals surface area contributed by atoms with Crippen LogP contribution in [0.4, 0.5) is 4.79 Å². The van der Waals surface area contributed by atoms with Gasteiger partial charge in [0.05, 0.1) is 31.3 Å². The highest BCUT2D eigenvalue weighted by atomic mass is 32.2. The summed E-state index contributed by atoms with van der Waals surface area (Å²) in [5.41, 5.74) is 2.61. The summed E-state index contributed by atoms with van der Waals surface area (Å²) < 4.78 is 5.27. The number of amides is 3. The molecule has 3 unspecified atom stereocenters. The number of thioether (sulfide) groups is 1. The van der Waals surface area contributed by atoms with Crippen molar-refractivity contribution in [3.8, 4) is 5.75 Å². The maximum absolute atomic E-state index is 14.0. The van der Waals surface area contributed by atoms with Crippen molar-refractivity contribution in [1.29, 1.82) is 0 Å². The number of hydrogen-bond donors (Lipinski definition) is 2. The molecule has 45 heavy (non-hydrogen) atoms. The number of hydrogen-bond acceptors (Lipinski definition) is 7. The Kier molecular flexibility index (Phi) is 9.37. The van der Waals surface area contributed by atoms with Crippen LogP contribution in [-0.4, -0.2) is 107 Å². The Hall–Kier alpha value is -3.57. The van der Waals surface area contributed by atoms with Crippen LogP contribution in [-0.2, 0) is 11.3 Å². The Morgan fingerprint density at radius 2 is 1.89 bits per heavy atom. The second-order valence-electron chi connectivity index (χ2n) is 12.2. The lowest BCUT2D eigenvalue weighted by Crippen LogP contribution is -2.82. The summed E-state index contributed by atoms with van der Waals surface area (Å²) >= 11 is 1.73. The standard InChI is InChI=1S/C35H43N5O4S/c1-37-24-33(42)39-30(18-20-45-3)35-19-17-27(11-7-8-12-31(35)41)29(26-9-5-4-6-10-26)22-38(35)23-32(39)40(37)34(43)36-21-25-13-15-28(44-2)16-14-25/h4-17,29-32,41H,18-24H2,1-3H3,(H,36,43)/b11-7-,12-8-/t29?,30-,31?,32-,35?/m0/s1. The van der Waals surface area contributed by atoms with Crippen LogP contribution >= 0.6 is 11.8 Å². The van der Waals surface area contributed by atoms with Gasteiger partial charge in [0.2, 0.25) is 5.91 Å². The maximum atomic E-state index is 14.0. The molecule has 1 aliphatic carbocycles. The van der Waals surface area contributed by atoms with Gasteiger partial charge in [-0.25, -0.2) is 14.8 Å². The van der Waals surface area contributed by atoms with Crippen LogP contribution in [0.2, 0.25) is 0 Å². The minimum Gasteiger partial charge on any atom is -0.497 e. The molecule has 2 aromatic rings. The lowest BCUT2D eigenvalue weighted by atomic mass is 9.74. The number of aliphatic hydroxyl groups is 1. The van der Waals surface area contributed by atoms with Crippen molar-refractivity contribution in [2.45, 2.75) is 49.2 Å². The quantitative estimate of drug-likeness (QED) is 0.479. The Labute approximate surface area is 270 Å². The Balaban J connectivity index is 1.39. The van der Waals surface area contributed by atoms with E-state index in [1.807, 2.05) is 53.5 Å². The topological polar surface area (TPSA) is 88.6 Å². The van der Waals surface area contributed by atoms with E-state index in [0.717, 1.165) is 17.1 Å². The first-order valence-electron chi connectivity index (χ1n) is 15.6. The zero-order chi connectivity index (χ0) is 31.6. The van der Waals surface area contributed by atoms with E-state index in [4.69, 9.17) is 4.74 Å². The third-order valence-corrected chi connectivity index (χ3v) is 10.4. The Bertz CT molecular complexity index is 1460. The minimum absolute atomic E-state index is 0.0240. The van der Waals surface area contributed by atoms with Crippen LogP contribution in [0.3, 0.4) is 0 Å². The van der Waals surface area contributed by atoms with Crippen molar-refractivity contribution in [1.82, 2.24) is 25.1 Å². The van der Waals surface area contributed by atoms with Crippen LogP contribution in [0.5, 0.6) is 5.75 Å². The summed E-state index contributed by atoms with van der Waals surface area (Å²) in [4.78, 5) is 32.3. The summed E-state index contributed by atoms with van der Waals surface area (Å²) in [6.07, 6.45) is 12.3. The van der Waals surface area contributed by atoms with E-state index in [1.54, 1.807) is 35.9 Å². The predicted octanol–water partition coefficient (Wildman–Crippen LogP) is 4.00. The minimum atomic E-state index is -0.815. The summed E-state index contributed by atoms with van der Waals surface area (Å²) in [7, 11) is 3.43. The molecule has 5 atom stereocenters. The number of nitrogens with zero attached hydrogens (tertiary/aromatic N) is 4. The first kappa shape index (κ1) is 31.4. The summed E-state index contributed by atoms with van der Waals surface area (Å²) in [6.45, 7) is 1.50. The van der Waals surface area contributed by atoms with Crippen molar-refractivity contribution in [3.05, 3.63) is 102 Å². The summed E-state index contributed by atoms with van der Waals surface area (Å²) in [5, 5.41) is 18.6. The molecular formula is C35H43N5O4S. The normalized spacial score (nSPS) is 29.8. The molecule has 10 heteroatoms. The molecule has 4 aliphatic rings. The Morgan fingerprint density at radius 3 is 2.62 bits per heavy atom. The molecule has 3 amide bonds. The van der Waals surface area contributed by atoms with Crippen molar-refractivity contribution < 1.29 is 19.4 Å². The summed E-state index contributed by atoms with van der Waals surface area (Å²) in [6, 6.07) is 17.5. The zero-order valence-corrected chi connectivity index (χ0v) is 27.0. The molecule has 1 spiro atoms. The number of nitrogens with one attached hydrogen (secondary N) is 1. The molecule has 2 aromatic carbocycles. The number of piperazine rings is 1. The molecule has 2 N–H and O–H groups in total. The van der Waals surface area contributed by atoms with E-state index in [1.165, 1.54) is 11.1 Å². The first-order valence-corrected chi connectivity index (χ1v) is 17.0. The van der Waals surface area contributed by atoms with Gasteiger partial charge in [0.25, 0.3) is 0 Å². The van der Waals surface area contributed by atoms with E-state index in [2.05, 4.69) is 52.9 Å². The van der Waals surface area contributed by atoms with Crippen LogP contribution < -0.4 is 10.1 Å². The fraction of sp³-hybridized carbons (Fsp3) is 0.429. The monoisotopic (exact) mass is 629 g/mol. The highest BCUT2D eigenvalue weighted by Crippen LogP contribution is 2.46. The number of fused-ring (bicyclic) bond motifs is 2.